The highest BCUT2D eigenvalue weighted by Gasteiger charge is 2.31. The van der Waals surface area contributed by atoms with E-state index in [4.69, 9.17) is 4.74 Å². The maximum absolute atomic E-state index is 5.89. The van der Waals surface area contributed by atoms with Crippen LogP contribution in [0.3, 0.4) is 0 Å². The third kappa shape index (κ3) is 3.94. The summed E-state index contributed by atoms with van der Waals surface area (Å²) in [7, 11) is 0. The molecule has 1 saturated carbocycles. The Labute approximate surface area is 112 Å². The van der Waals surface area contributed by atoms with Crippen LogP contribution in [0.2, 0.25) is 0 Å². The van der Waals surface area contributed by atoms with E-state index in [9.17, 15) is 0 Å². The second-order valence-electron chi connectivity index (χ2n) is 6.16. The SMILES string of the molecule is CCN(CCNC1CCOC(C)(CC)C1)C1CC1. The summed E-state index contributed by atoms with van der Waals surface area (Å²) in [5.41, 5.74) is 0.108. The average Bonchev–Trinajstić information content (AvgIpc) is 3.19. The number of hydrogen-bond donors (Lipinski definition) is 1. The van der Waals surface area contributed by atoms with Gasteiger partial charge < -0.3 is 10.1 Å². The fraction of sp³-hybridized carbons (Fsp3) is 1.00. The number of rotatable bonds is 7. The molecule has 2 atom stereocenters. The molecule has 0 aromatic carbocycles. The molecule has 1 aliphatic carbocycles. The van der Waals surface area contributed by atoms with Crippen molar-refractivity contribution < 1.29 is 4.74 Å². The number of hydrogen-bond acceptors (Lipinski definition) is 3. The van der Waals surface area contributed by atoms with E-state index in [1.165, 1.54) is 38.8 Å². The Morgan fingerprint density at radius 2 is 2.06 bits per heavy atom. The van der Waals surface area contributed by atoms with Crippen molar-refractivity contribution in [3.05, 3.63) is 0 Å². The summed E-state index contributed by atoms with van der Waals surface area (Å²) < 4.78 is 5.89. The lowest BCUT2D eigenvalue weighted by Crippen LogP contribution is -2.47. The first-order chi connectivity index (χ1) is 8.67. The highest BCUT2D eigenvalue weighted by molar-refractivity contribution is 4.87. The van der Waals surface area contributed by atoms with Gasteiger partial charge >= 0.3 is 0 Å². The Hall–Kier alpha value is -0.120. The molecule has 0 radical (unpaired) electrons. The Morgan fingerprint density at radius 3 is 2.67 bits per heavy atom. The zero-order chi connectivity index (χ0) is 13.0. The third-order valence-electron chi connectivity index (χ3n) is 4.64. The normalized spacial score (nSPS) is 33.0. The lowest BCUT2D eigenvalue weighted by atomic mass is 9.90. The van der Waals surface area contributed by atoms with Crippen LogP contribution in [0.15, 0.2) is 0 Å². The average molecular weight is 254 g/mol. The molecule has 0 aromatic heterocycles. The van der Waals surface area contributed by atoms with Crippen molar-refractivity contribution in [2.24, 2.45) is 0 Å². The Kier molecular flexibility index (Phi) is 5.05. The minimum Gasteiger partial charge on any atom is -0.375 e. The number of nitrogens with zero attached hydrogens (tertiary/aromatic N) is 1. The smallest absolute Gasteiger partial charge is 0.0666 e. The van der Waals surface area contributed by atoms with Gasteiger partial charge in [0.2, 0.25) is 0 Å². The lowest BCUT2D eigenvalue weighted by molar-refractivity contribution is -0.0779. The molecule has 106 valence electrons. The second kappa shape index (κ2) is 6.36. The Balaban J connectivity index is 1.66. The molecule has 2 rings (SSSR count). The number of likely N-dealkylation sites (N-methyl/N-ethyl adjacent to an activating group) is 1. The molecule has 1 heterocycles. The monoisotopic (exact) mass is 254 g/mol. The Bertz CT molecular complexity index is 255. The first-order valence-electron chi connectivity index (χ1n) is 7.78. The third-order valence-corrected chi connectivity index (χ3v) is 4.64. The van der Waals surface area contributed by atoms with Gasteiger partial charge in [0.15, 0.2) is 0 Å². The molecule has 2 aliphatic rings. The van der Waals surface area contributed by atoms with Gasteiger partial charge in [0, 0.05) is 31.8 Å². The van der Waals surface area contributed by atoms with Crippen LogP contribution in [0.5, 0.6) is 0 Å². The van der Waals surface area contributed by atoms with Crippen molar-refractivity contribution >= 4 is 0 Å². The van der Waals surface area contributed by atoms with Gasteiger partial charge in [0.25, 0.3) is 0 Å². The molecule has 1 aliphatic heterocycles. The minimum absolute atomic E-state index is 0.108. The summed E-state index contributed by atoms with van der Waals surface area (Å²) in [6.45, 7) is 11.2. The maximum Gasteiger partial charge on any atom is 0.0666 e. The highest BCUT2D eigenvalue weighted by atomic mass is 16.5. The van der Waals surface area contributed by atoms with Crippen molar-refractivity contribution in [1.82, 2.24) is 10.2 Å². The van der Waals surface area contributed by atoms with Crippen LogP contribution in [-0.4, -0.2) is 48.8 Å². The van der Waals surface area contributed by atoms with E-state index < -0.39 is 0 Å². The quantitative estimate of drug-likeness (QED) is 0.755. The number of ether oxygens (including phenoxy) is 1. The van der Waals surface area contributed by atoms with Gasteiger partial charge in [-0.2, -0.15) is 0 Å². The van der Waals surface area contributed by atoms with E-state index >= 15 is 0 Å². The van der Waals surface area contributed by atoms with Crippen molar-refractivity contribution in [3.8, 4) is 0 Å². The van der Waals surface area contributed by atoms with Gasteiger partial charge in [-0.1, -0.05) is 13.8 Å². The van der Waals surface area contributed by atoms with Crippen LogP contribution in [-0.2, 0) is 4.74 Å². The second-order valence-corrected chi connectivity index (χ2v) is 6.16. The van der Waals surface area contributed by atoms with E-state index in [0.717, 1.165) is 25.6 Å². The van der Waals surface area contributed by atoms with Crippen LogP contribution in [0.25, 0.3) is 0 Å². The standard InChI is InChI=1S/C15H30N2O/c1-4-15(3)12-13(8-11-18-15)16-9-10-17(5-2)14-6-7-14/h13-14,16H,4-12H2,1-3H3. The molecule has 3 nitrogen and oxygen atoms in total. The van der Waals surface area contributed by atoms with Gasteiger partial charge in [0.1, 0.15) is 0 Å². The summed E-state index contributed by atoms with van der Waals surface area (Å²) in [6.07, 6.45) is 6.29. The predicted molar refractivity (Wildman–Crippen MR) is 75.9 cm³/mol. The van der Waals surface area contributed by atoms with Crippen LogP contribution in [0.4, 0.5) is 0 Å². The summed E-state index contributed by atoms with van der Waals surface area (Å²) in [6, 6.07) is 1.55. The fourth-order valence-electron chi connectivity index (χ4n) is 3.00. The molecule has 0 bridgehead atoms. The molecule has 1 N–H and O–H groups in total. The molecule has 0 spiro atoms. The summed E-state index contributed by atoms with van der Waals surface area (Å²) in [5.74, 6) is 0. The lowest BCUT2D eigenvalue weighted by Gasteiger charge is -2.38. The van der Waals surface area contributed by atoms with E-state index in [0.29, 0.717) is 6.04 Å². The highest BCUT2D eigenvalue weighted by Crippen LogP contribution is 2.28. The zero-order valence-electron chi connectivity index (χ0n) is 12.4. The van der Waals surface area contributed by atoms with Crippen molar-refractivity contribution in [2.45, 2.75) is 70.6 Å². The summed E-state index contributed by atoms with van der Waals surface area (Å²) >= 11 is 0. The van der Waals surface area contributed by atoms with Crippen LogP contribution < -0.4 is 5.32 Å². The van der Waals surface area contributed by atoms with E-state index in [1.807, 2.05) is 0 Å². The molecule has 18 heavy (non-hydrogen) atoms. The first kappa shape index (κ1) is 14.3. The van der Waals surface area contributed by atoms with Crippen molar-refractivity contribution in [3.63, 3.8) is 0 Å². The minimum atomic E-state index is 0.108. The molecule has 2 unspecified atom stereocenters. The zero-order valence-corrected chi connectivity index (χ0v) is 12.4. The van der Waals surface area contributed by atoms with Crippen molar-refractivity contribution in [2.75, 3.05) is 26.2 Å². The van der Waals surface area contributed by atoms with Crippen LogP contribution >= 0.6 is 0 Å². The van der Waals surface area contributed by atoms with E-state index in [-0.39, 0.29) is 5.60 Å². The molecule has 1 saturated heterocycles. The topological polar surface area (TPSA) is 24.5 Å². The molecular formula is C15H30N2O. The predicted octanol–water partition coefficient (Wildman–Crippen LogP) is 2.41. The largest absolute Gasteiger partial charge is 0.375 e. The molecule has 0 amide bonds. The number of nitrogens with one attached hydrogen (secondary N) is 1. The maximum atomic E-state index is 5.89. The summed E-state index contributed by atoms with van der Waals surface area (Å²) in [5, 5.41) is 3.74. The van der Waals surface area contributed by atoms with E-state index in [2.05, 4.69) is 31.0 Å². The van der Waals surface area contributed by atoms with Gasteiger partial charge in [-0.15, -0.1) is 0 Å². The molecular weight excluding hydrogens is 224 g/mol. The van der Waals surface area contributed by atoms with Crippen LogP contribution in [0.1, 0.15) is 52.9 Å². The Morgan fingerprint density at radius 1 is 1.28 bits per heavy atom. The molecule has 0 aromatic rings. The van der Waals surface area contributed by atoms with Gasteiger partial charge in [-0.25, -0.2) is 0 Å². The summed E-state index contributed by atoms with van der Waals surface area (Å²) in [4.78, 5) is 2.62. The first-order valence-corrected chi connectivity index (χ1v) is 7.78. The fourth-order valence-corrected chi connectivity index (χ4v) is 3.00. The van der Waals surface area contributed by atoms with Gasteiger partial charge in [-0.05, 0) is 45.6 Å². The molecule has 3 heteroatoms. The van der Waals surface area contributed by atoms with Gasteiger partial charge in [0.05, 0.1) is 5.60 Å². The van der Waals surface area contributed by atoms with E-state index in [1.54, 1.807) is 0 Å². The van der Waals surface area contributed by atoms with Gasteiger partial charge in [-0.3, -0.25) is 4.90 Å². The molecule has 2 fully saturated rings. The van der Waals surface area contributed by atoms with Crippen molar-refractivity contribution in [1.29, 1.82) is 0 Å². The van der Waals surface area contributed by atoms with Crippen LogP contribution in [0, 0.1) is 0 Å².